The molecule has 4 nitrogen and oxygen atoms in total. The van der Waals surface area contributed by atoms with Crippen LogP contribution in [0.2, 0.25) is 0 Å². The maximum atomic E-state index is 12.3. The number of ether oxygens (including phenoxy) is 1. The van der Waals surface area contributed by atoms with E-state index in [4.69, 9.17) is 10.5 Å². The summed E-state index contributed by atoms with van der Waals surface area (Å²) in [5.74, 6) is 0.136. The molecule has 0 spiro atoms. The van der Waals surface area contributed by atoms with Crippen LogP contribution in [0.15, 0.2) is 0 Å². The molecule has 15 heavy (non-hydrogen) atoms. The average Bonchev–Trinajstić information content (AvgIpc) is 2.56. The minimum absolute atomic E-state index is 0.136. The molecule has 1 fully saturated rings. The quantitative estimate of drug-likeness (QED) is 0.746. The van der Waals surface area contributed by atoms with E-state index in [2.05, 4.69) is 6.92 Å². The topological polar surface area (TPSA) is 55.6 Å². The van der Waals surface area contributed by atoms with Gasteiger partial charge < -0.3 is 15.4 Å². The fourth-order valence-electron chi connectivity index (χ4n) is 1.94. The molecule has 0 radical (unpaired) electrons. The highest BCUT2D eigenvalue weighted by molar-refractivity contribution is 5.83. The van der Waals surface area contributed by atoms with Gasteiger partial charge in [-0.25, -0.2) is 0 Å². The normalized spacial score (nSPS) is 30.5. The van der Waals surface area contributed by atoms with Crippen LogP contribution >= 0.6 is 0 Å². The summed E-state index contributed by atoms with van der Waals surface area (Å²) in [5.41, 5.74) is 5.41. The first-order valence-electron chi connectivity index (χ1n) is 5.69. The van der Waals surface area contributed by atoms with Gasteiger partial charge in [-0.3, -0.25) is 4.79 Å². The molecule has 88 valence electrons. The summed E-state index contributed by atoms with van der Waals surface area (Å²) in [7, 11) is 0. The number of hydrogen-bond acceptors (Lipinski definition) is 3. The second-order valence-electron chi connectivity index (χ2n) is 4.42. The maximum Gasteiger partial charge on any atom is 0.232 e. The molecule has 0 aromatic rings. The Labute approximate surface area is 91.8 Å². The van der Waals surface area contributed by atoms with Gasteiger partial charge in [-0.1, -0.05) is 6.92 Å². The van der Waals surface area contributed by atoms with Crippen molar-refractivity contribution in [3.05, 3.63) is 0 Å². The number of nitrogens with two attached hydrogens (primary N) is 1. The van der Waals surface area contributed by atoms with Crippen molar-refractivity contribution in [3.63, 3.8) is 0 Å². The zero-order valence-electron chi connectivity index (χ0n) is 9.95. The Morgan fingerprint density at radius 3 is 2.67 bits per heavy atom. The summed E-state index contributed by atoms with van der Waals surface area (Å²) >= 11 is 0. The fraction of sp³-hybridized carbons (Fsp3) is 0.909. The molecule has 1 saturated heterocycles. The molecule has 2 atom stereocenters. The van der Waals surface area contributed by atoms with Gasteiger partial charge in [0.2, 0.25) is 5.91 Å². The Bertz CT molecular complexity index is 233. The molecule has 2 unspecified atom stereocenters. The molecule has 2 N–H and O–H groups in total. The Kier molecular flexibility index (Phi) is 4.11. The van der Waals surface area contributed by atoms with Gasteiger partial charge in [-0.05, 0) is 20.3 Å². The number of hydrogen-bond donors (Lipinski definition) is 1. The summed E-state index contributed by atoms with van der Waals surface area (Å²) in [5, 5.41) is 0. The molecule has 0 aliphatic carbocycles. The van der Waals surface area contributed by atoms with Crippen LogP contribution in [0.5, 0.6) is 0 Å². The number of rotatable bonds is 4. The highest BCUT2D eigenvalue weighted by Crippen LogP contribution is 2.29. The minimum atomic E-state index is -0.523. The van der Waals surface area contributed by atoms with E-state index >= 15 is 0 Å². The van der Waals surface area contributed by atoms with Gasteiger partial charge in [-0.15, -0.1) is 0 Å². The first kappa shape index (κ1) is 12.5. The molecule has 1 rings (SSSR count). The van der Waals surface area contributed by atoms with Crippen LogP contribution in [0.1, 0.15) is 27.2 Å². The van der Waals surface area contributed by atoms with Gasteiger partial charge in [0.1, 0.15) is 0 Å². The Morgan fingerprint density at radius 1 is 1.60 bits per heavy atom. The van der Waals surface area contributed by atoms with Crippen LogP contribution in [0, 0.1) is 5.41 Å². The Balaban J connectivity index is 2.72. The monoisotopic (exact) mass is 214 g/mol. The highest BCUT2D eigenvalue weighted by atomic mass is 16.5. The van der Waals surface area contributed by atoms with Crippen molar-refractivity contribution < 1.29 is 9.53 Å². The first-order valence-corrected chi connectivity index (χ1v) is 5.69. The van der Waals surface area contributed by atoms with Crippen LogP contribution in [0.3, 0.4) is 0 Å². The molecule has 1 amide bonds. The van der Waals surface area contributed by atoms with E-state index in [1.165, 1.54) is 0 Å². The Morgan fingerprint density at radius 2 is 2.27 bits per heavy atom. The summed E-state index contributed by atoms with van der Waals surface area (Å²) in [4.78, 5) is 14.1. The zero-order chi connectivity index (χ0) is 11.5. The van der Waals surface area contributed by atoms with Crippen LogP contribution in [-0.4, -0.2) is 43.2 Å². The molecular weight excluding hydrogens is 192 g/mol. The smallest absolute Gasteiger partial charge is 0.232 e. The van der Waals surface area contributed by atoms with E-state index in [1.54, 1.807) is 0 Å². The van der Waals surface area contributed by atoms with Crippen molar-refractivity contribution in [2.75, 3.05) is 26.3 Å². The molecule has 0 saturated carbocycles. The fourth-order valence-corrected chi connectivity index (χ4v) is 1.94. The molecular formula is C11H22N2O2. The number of carbonyl (C=O) groups is 1. The van der Waals surface area contributed by atoms with Crippen molar-refractivity contribution in [1.82, 2.24) is 4.90 Å². The van der Waals surface area contributed by atoms with E-state index in [-0.39, 0.29) is 11.9 Å². The lowest BCUT2D eigenvalue weighted by Crippen LogP contribution is -2.51. The minimum Gasteiger partial charge on any atom is -0.379 e. The van der Waals surface area contributed by atoms with Gasteiger partial charge in [-0.2, -0.15) is 0 Å². The van der Waals surface area contributed by atoms with Crippen LogP contribution in [0.25, 0.3) is 0 Å². The number of nitrogens with zero attached hydrogens (tertiary/aromatic N) is 1. The first-order chi connectivity index (χ1) is 7.06. The van der Waals surface area contributed by atoms with Gasteiger partial charge in [0.25, 0.3) is 0 Å². The van der Waals surface area contributed by atoms with Crippen molar-refractivity contribution in [2.45, 2.75) is 33.2 Å². The van der Waals surface area contributed by atoms with Crippen LogP contribution in [0.4, 0.5) is 0 Å². The molecule has 0 aromatic heterocycles. The van der Waals surface area contributed by atoms with E-state index in [9.17, 15) is 4.79 Å². The third-order valence-electron chi connectivity index (χ3n) is 3.17. The molecule has 1 aliphatic rings. The second-order valence-corrected chi connectivity index (χ2v) is 4.42. The van der Waals surface area contributed by atoms with Crippen molar-refractivity contribution >= 4 is 5.91 Å². The summed E-state index contributed by atoms with van der Waals surface area (Å²) < 4.78 is 5.29. The van der Waals surface area contributed by atoms with Crippen molar-refractivity contribution in [1.29, 1.82) is 0 Å². The molecule has 0 bridgehead atoms. The molecule has 0 aromatic carbocycles. The highest BCUT2D eigenvalue weighted by Gasteiger charge is 2.45. The van der Waals surface area contributed by atoms with Gasteiger partial charge in [0.05, 0.1) is 18.6 Å². The van der Waals surface area contributed by atoms with Gasteiger partial charge in [0, 0.05) is 19.1 Å². The SMILES string of the molecule is CCCN(CC)C(=O)C1(C)COCC1N. The largest absolute Gasteiger partial charge is 0.379 e. The predicted octanol–water partition coefficient (Wildman–Crippen LogP) is 0.609. The summed E-state index contributed by atoms with van der Waals surface area (Å²) in [6, 6.07) is -0.170. The lowest BCUT2D eigenvalue weighted by molar-refractivity contribution is -0.141. The maximum absolute atomic E-state index is 12.3. The Hall–Kier alpha value is -0.610. The molecule has 1 aliphatic heterocycles. The predicted molar refractivity (Wildman–Crippen MR) is 59.4 cm³/mol. The standard InChI is InChI=1S/C11H22N2O2/c1-4-6-13(5-2)10(14)11(3)8-15-7-9(11)12/h9H,4-8,12H2,1-3H3. The van der Waals surface area contributed by atoms with E-state index in [0.29, 0.717) is 13.2 Å². The van der Waals surface area contributed by atoms with Crippen molar-refractivity contribution in [3.8, 4) is 0 Å². The second kappa shape index (κ2) is 4.94. The van der Waals surface area contributed by atoms with Crippen molar-refractivity contribution in [2.24, 2.45) is 11.1 Å². The summed E-state index contributed by atoms with van der Waals surface area (Å²) in [6.45, 7) is 8.47. The van der Waals surface area contributed by atoms with E-state index in [0.717, 1.165) is 19.5 Å². The third kappa shape index (κ3) is 2.32. The number of carbonyl (C=O) groups excluding carboxylic acids is 1. The summed E-state index contributed by atoms with van der Waals surface area (Å²) in [6.07, 6.45) is 0.978. The number of amides is 1. The third-order valence-corrected chi connectivity index (χ3v) is 3.17. The zero-order valence-corrected chi connectivity index (χ0v) is 9.95. The molecule has 1 heterocycles. The van der Waals surface area contributed by atoms with Crippen LogP contribution < -0.4 is 5.73 Å². The van der Waals surface area contributed by atoms with E-state index in [1.807, 2.05) is 18.7 Å². The van der Waals surface area contributed by atoms with Gasteiger partial charge in [0.15, 0.2) is 0 Å². The van der Waals surface area contributed by atoms with Gasteiger partial charge >= 0.3 is 0 Å². The van der Waals surface area contributed by atoms with E-state index < -0.39 is 5.41 Å². The lowest BCUT2D eigenvalue weighted by Gasteiger charge is -2.32. The molecule has 4 heteroatoms. The lowest BCUT2D eigenvalue weighted by atomic mass is 9.84. The average molecular weight is 214 g/mol. The van der Waals surface area contributed by atoms with Crippen LogP contribution in [-0.2, 0) is 9.53 Å².